The van der Waals surface area contributed by atoms with Gasteiger partial charge in [0.1, 0.15) is 0 Å². The average molecular weight is 249 g/mol. The number of aromatic nitrogens is 2. The highest BCUT2D eigenvalue weighted by Gasteiger charge is 2.20. The van der Waals surface area contributed by atoms with E-state index in [1.54, 1.807) is 24.0 Å². The van der Waals surface area contributed by atoms with E-state index in [1.165, 1.54) is 32.1 Å². The first-order valence-corrected chi connectivity index (χ1v) is 6.96. The summed E-state index contributed by atoms with van der Waals surface area (Å²) < 4.78 is 1.56. The van der Waals surface area contributed by atoms with E-state index in [2.05, 4.69) is 17.2 Å². The third-order valence-corrected chi connectivity index (χ3v) is 4.12. The minimum absolute atomic E-state index is 0.0419. The van der Waals surface area contributed by atoms with Crippen molar-refractivity contribution in [2.45, 2.75) is 39.0 Å². The Morgan fingerprint density at radius 3 is 2.67 bits per heavy atom. The summed E-state index contributed by atoms with van der Waals surface area (Å²) in [6.45, 7) is 3.16. The molecule has 2 rings (SSSR count). The molecule has 1 aromatic rings. The van der Waals surface area contributed by atoms with Gasteiger partial charge in [0.25, 0.3) is 5.56 Å². The molecule has 1 aliphatic carbocycles. The lowest BCUT2D eigenvalue weighted by molar-refractivity contribution is 0.278. The van der Waals surface area contributed by atoms with Gasteiger partial charge in [0.2, 0.25) is 0 Å². The first-order chi connectivity index (χ1) is 8.70. The number of rotatable bonds is 4. The van der Waals surface area contributed by atoms with Crippen LogP contribution in [-0.2, 0) is 7.05 Å². The molecule has 4 heteroatoms. The van der Waals surface area contributed by atoms with Gasteiger partial charge in [-0.15, -0.1) is 0 Å². The molecule has 1 N–H and O–H groups in total. The molecule has 0 saturated heterocycles. The van der Waals surface area contributed by atoms with Crippen LogP contribution in [0.3, 0.4) is 0 Å². The van der Waals surface area contributed by atoms with Gasteiger partial charge < -0.3 is 9.88 Å². The van der Waals surface area contributed by atoms with E-state index < -0.39 is 0 Å². The van der Waals surface area contributed by atoms with Gasteiger partial charge in [0, 0.05) is 26.0 Å². The number of nitrogens with zero attached hydrogens (tertiary/aromatic N) is 2. The molecule has 1 aliphatic rings. The van der Waals surface area contributed by atoms with E-state index in [0.717, 1.165) is 12.5 Å². The zero-order chi connectivity index (χ0) is 13.0. The van der Waals surface area contributed by atoms with Crippen molar-refractivity contribution < 1.29 is 0 Å². The summed E-state index contributed by atoms with van der Waals surface area (Å²) in [7, 11) is 1.75. The molecule has 0 amide bonds. The lowest BCUT2D eigenvalue weighted by atomic mass is 9.81. The van der Waals surface area contributed by atoms with E-state index >= 15 is 0 Å². The minimum atomic E-state index is -0.0419. The summed E-state index contributed by atoms with van der Waals surface area (Å²) in [6, 6.07) is 0. The van der Waals surface area contributed by atoms with Crippen LogP contribution in [0.1, 0.15) is 39.0 Å². The van der Waals surface area contributed by atoms with Crippen LogP contribution >= 0.6 is 0 Å². The standard InChI is InChI=1S/C14H23N3O/c1-3-11-4-6-12(7-5-11)10-16-13-14(18)17(2)9-8-15-13/h8-9,11-12H,3-7,10H2,1-2H3,(H,15,16). The predicted molar refractivity (Wildman–Crippen MR) is 73.7 cm³/mol. The molecule has 1 heterocycles. The average Bonchev–Trinajstić information content (AvgIpc) is 2.41. The zero-order valence-corrected chi connectivity index (χ0v) is 11.4. The molecule has 0 aliphatic heterocycles. The van der Waals surface area contributed by atoms with Gasteiger partial charge in [-0.3, -0.25) is 4.79 Å². The second kappa shape index (κ2) is 6.03. The Kier molecular flexibility index (Phi) is 4.39. The molecule has 0 aromatic carbocycles. The van der Waals surface area contributed by atoms with Crippen LogP contribution in [0.4, 0.5) is 5.82 Å². The number of hydrogen-bond acceptors (Lipinski definition) is 3. The molecule has 0 unspecified atom stereocenters. The maximum atomic E-state index is 11.8. The fourth-order valence-electron chi connectivity index (χ4n) is 2.70. The molecule has 0 radical (unpaired) electrons. The minimum Gasteiger partial charge on any atom is -0.365 e. The van der Waals surface area contributed by atoms with E-state index in [0.29, 0.717) is 11.7 Å². The highest BCUT2D eigenvalue weighted by atomic mass is 16.1. The third-order valence-electron chi connectivity index (χ3n) is 4.12. The smallest absolute Gasteiger partial charge is 0.293 e. The third kappa shape index (κ3) is 3.12. The van der Waals surface area contributed by atoms with Crippen molar-refractivity contribution in [2.24, 2.45) is 18.9 Å². The van der Waals surface area contributed by atoms with E-state index in [1.807, 2.05) is 0 Å². The first kappa shape index (κ1) is 13.1. The van der Waals surface area contributed by atoms with Crippen molar-refractivity contribution in [3.8, 4) is 0 Å². The van der Waals surface area contributed by atoms with Crippen molar-refractivity contribution in [3.05, 3.63) is 22.7 Å². The lowest BCUT2D eigenvalue weighted by Gasteiger charge is -2.27. The summed E-state index contributed by atoms with van der Waals surface area (Å²) in [5.74, 6) is 2.10. The number of aryl methyl sites for hydroxylation is 1. The zero-order valence-electron chi connectivity index (χ0n) is 11.4. The van der Waals surface area contributed by atoms with Crippen LogP contribution in [0.5, 0.6) is 0 Å². The summed E-state index contributed by atoms with van der Waals surface area (Å²) in [5, 5.41) is 3.21. The molecular weight excluding hydrogens is 226 g/mol. The Bertz CT molecular complexity index is 433. The number of hydrogen-bond donors (Lipinski definition) is 1. The van der Waals surface area contributed by atoms with Crippen molar-refractivity contribution in [1.82, 2.24) is 9.55 Å². The van der Waals surface area contributed by atoms with Crippen molar-refractivity contribution in [2.75, 3.05) is 11.9 Å². The van der Waals surface area contributed by atoms with Gasteiger partial charge in [-0.2, -0.15) is 0 Å². The number of anilines is 1. The van der Waals surface area contributed by atoms with E-state index in [-0.39, 0.29) is 5.56 Å². The molecule has 0 bridgehead atoms. The fraction of sp³-hybridized carbons (Fsp3) is 0.714. The summed E-state index contributed by atoms with van der Waals surface area (Å²) in [6.07, 6.45) is 9.88. The highest BCUT2D eigenvalue weighted by Crippen LogP contribution is 2.30. The molecule has 1 aromatic heterocycles. The van der Waals surface area contributed by atoms with Crippen molar-refractivity contribution >= 4 is 5.82 Å². The lowest BCUT2D eigenvalue weighted by Crippen LogP contribution is -2.26. The van der Waals surface area contributed by atoms with Crippen LogP contribution in [-0.4, -0.2) is 16.1 Å². The predicted octanol–water partition coefficient (Wildman–Crippen LogP) is 2.41. The number of nitrogens with one attached hydrogen (secondary N) is 1. The van der Waals surface area contributed by atoms with E-state index in [4.69, 9.17) is 0 Å². The Hall–Kier alpha value is -1.32. The summed E-state index contributed by atoms with van der Waals surface area (Å²) in [4.78, 5) is 15.9. The Morgan fingerprint density at radius 1 is 1.33 bits per heavy atom. The van der Waals surface area contributed by atoms with Crippen LogP contribution < -0.4 is 10.9 Å². The fourth-order valence-corrected chi connectivity index (χ4v) is 2.70. The Labute approximate surface area is 108 Å². The van der Waals surface area contributed by atoms with Crippen molar-refractivity contribution in [1.29, 1.82) is 0 Å². The second-order valence-corrected chi connectivity index (χ2v) is 5.37. The van der Waals surface area contributed by atoms with Gasteiger partial charge in [-0.1, -0.05) is 26.2 Å². The van der Waals surface area contributed by atoms with Gasteiger partial charge in [0.15, 0.2) is 5.82 Å². The topological polar surface area (TPSA) is 46.9 Å². The van der Waals surface area contributed by atoms with Crippen LogP contribution in [0.15, 0.2) is 17.2 Å². The SMILES string of the molecule is CCC1CCC(CNc2nccn(C)c2=O)CC1. The van der Waals surface area contributed by atoms with Gasteiger partial charge >= 0.3 is 0 Å². The van der Waals surface area contributed by atoms with E-state index in [9.17, 15) is 4.79 Å². The molecule has 4 nitrogen and oxygen atoms in total. The first-order valence-electron chi connectivity index (χ1n) is 6.96. The van der Waals surface area contributed by atoms with Gasteiger partial charge in [-0.25, -0.2) is 4.98 Å². The highest BCUT2D eigenvalue weighted by molar-refractivity contribution is 5.30. The molecule has 100 valence electrons. The summed E-state index contributed by atoms with van der Waals surface area (Å²) in [5.41, 5.74) is -0.0419. The molecule has 0 spiro atoms. The normalized spacial score (nSPS) is 23.9. The van der Waals surface area contributed by atoms with Crippen LogP contribution in [0, 0.1) is 11.8 Å². The molecule has 1 saturated carbocycles. The van der Waals surface area contributed by atoms with Gasteiger partial charge in [0.05, 0.1) is 0 Å². The molecule has 1 fully saturated rings. The van der Waals surface area contributed by atoms with Gasteiger partial charge in [-0.05, 0) is 24.7 Å². The quantitative estimate of drug-likeness (QED) is 0.891. The maximum Gasteiger partial charge on any atom is 0.293 e. The molecule has 0 atom stereocenters. The Morgan fingerprint density at radius 2 is 2.00 bits per heavy atom. The Balaban J connectivity index is 1.85. The monoisotopic (exact) mass is 249 g/mol. The van der Waals surface area contributed by atoms with Crippen LogP contribution in [0.2, 0.25) is 0 Å². The van der Waals surface area contributed by atoms with Crippen molar-refractivity contribution in [3.63, 3.8) is 0 Å². The van der Waals surface area contributed by atoms with Crippen LogP contribution in [0.25, 0.3) is 0 Å². The molecular formula is C14H23N3O. The maximum absolute atomic E-state index is 11.8. The molecule has 18 heavy (non-hydrogen) atoms. The summed E-state index contributed by atoms with van der Waals surface area (Å²) >= 11 is 0. The second-order valence-electron chi connectivity index (χ2n) is 5.37. The largest absolute Gasteiger partial charge is 0.365 e.